The predicted octanol–water partition coefficient (Wildman–Crippen LogP) is 1.26. The molecular formula is C14H22N2O4. The second-order valence-electron chi connectivity index (χ2n) is 4.43. The smallest absolute Gasteiger partial charge is 0.354 e. The van der Waals surface area contributed by atoms with Gasteiger partial charge in [0.15, 0.2) is 0 Å². The highest BCUT2D eigenvalue weighted by Crippen LogP contribution is 2.05. The molecule has 6 nitrogen and oxygen atoms in total. The Labute approximate surface area is 119 Å². The minimum atomic E-state index is -1.00. The highest BCUT2D eigenvalue weighted by molar-refractivity contribution is 5.85. The summed E-state index contributed by atoms with van der Waals surface area (Å²) < 4.78 is 10.1. The van der Waals surface area contributed by atoms with Crippen molar-refractivity contribution < 1.29 is 19.4 Å². The monoisotopic (exact) mass is 282 g/mol. The average Bonchev–Trinajstić information content (AvgIpc) is 2.45. The van der Waals surface area contributed by atoms with Gasteiger partial charge in [-0.3, -0.25) is 4.90 Å². The first kappa shape index (κ1) is 16.6. The number of pyridine rings is 1. The molecule has 0 saturated heterocycles. The van der Waals surface area contributed by atoms with Gasteiger partial charge in [0.25, 0.3) is 0 Å². The van der Waals surface area contributed by atoms with Crippen LogP contribution in [0.2, 0.25) is 0 Å². The number of nitrogens with zero attached hydrogens (tertiary/aromatic N) is 2. The Hall–Kier alpha value is -1.50. The lowest BCUT2D eigenvalue weighted by Gasteiger charge is -2.21. The zero-order valence-electron chi connectivity index (χ0n) is 12.0. The van der Waals surface area contributed by atoms with E-state index in [1.54, 1.807) is 20.3 Å². The number of aromatic carboxylic acids is 1. The summed E-state index contributed by atoms with van der Waals surface area (Å²) >= 11 is 0. The van der Waals surface area contributed by atoms with Gasteiger partial charge < -0.3 is 14.6 Å². The lowest BCUT2D eigenvalue weighted by Crippen LogP contribution is -2.29. The van der Waals surface area contributed by atoms with Crippen LogP contribution in [0.3, 0.4) is 0 Å². The van der Waals surface area contributed by atoms with E-state index in [2.05, 4.69) is 9.88 Å². The Bertz CT molecular complexity index is 412. The number of ether oxygens (including phenoxy) is 2. The summed E-state index contributed by atoms with van der Waals surface area (Å²) in [5.74, 6) is -1.00. The van der Waals surface area contributed by atoms with Crippen LogP contribution in [0, 0.1) is 0 Å². The van der Waals surface area contributed by atoms with Crippen molar-refractivity contribution in [1.29, 1.82) is 0 Å². The van der Waals surface area contributed by atoms with E-state index in [0.29, 0.717) is 19.8 Å². The van der Waals surface area contributed by atoms with E-state index < -0.39 is 5.97 Å². The Morgan fingerprint density at radius 3 is 2.65 bits per heavy atom. The van der Waals surface area contributed by atoms with Crippen LogP contribution < -0.4 is 0 Å². The molecule has 0 aliphatic rings. The summed E-state index contributed by atoms with van der Waals surface area (Å²) in [6.07, 6.45) is 0.916. The number of aromatic nitrogens is 1. The number of carboxylic acids is 1. The number of methoxy groups -OCH3 is 2. The van der Waals surface area contributed by atoms with Gasteiger partial charge in [0.2, 0.25) is 0 Å². The van der Waals surface area contributed by atoms with E-state index in [0.717, 1.165) is 25.2 Å². The van der Waals surface area contributed by atoms with Crippen molar-refractivity contribution in [2.45, 2.75) is 13.0 Å². The number of hydrogen-bond acceptors (Lipinski definition) is 5. The van der Waals surface area contributed by atoms with Crippen LogP contribution in [0.25, 0.3) is 0 Å². The molecule has 1 aromatic heterocycles. The molecule has 0 unspecified atom stereocenters. The minimum Gasteiger partial charge on any atom is -0.477 e. The highest BCUT2D eigenvalue weighted by atomic mass is 16.5. The summed E-state index contributed by atoms with van der Waals surface area (Å²) in [7, 11) is 3.34. The molecule has 0 spiro atoms. The molecule has 0 radical (unpaired) electrons. The zero-order chi connectivity index (χ0) is 14.8. The summed E-state index contributed by atoms with van der Waals surface area (Å²) in [6.45, 7) is 3.57. The van der Waals surface area contributed by atoms with Gasteiger partial charge in [-0.05, 0) is 18.6 Å². The first-order valence-electron chi connectivity index (χ1n) is 6.57. The third kappa shape index (κ3) is 6.10. The molecule has 0 atom stereocenters. The van der Waals surface area contributed by atoms with E-state index in [-0.39, 0.29) is 5.69 Å². The molecule has 1 aromatic rings. The van der Waals surface area contributed by atoms with E-state index >= 15 is 0 Å². The van der Waals surface area contributed by atoms with Gasteiger partial charge in [0, 0.05) is 40.5 Å². The van der Waals surface area contributed by atoms with Crippen LogP contribution in [0.15, 0.2) is 18.2 Å². The topological polar surface area (TPSA) is 71.9 Å². The normalized spacial score (nSPS) is 10.9. The Morgan fingerprint density at radius 2 is 2.00 bits per heavy atom. The molecule has 6 heteroatoms. The van der Waals surface area contributed by atoms with Gasteiger partial charge in [-0.25, -0.2) is 9.78 Å². The Kier molecular flexibility index (Phi) is 7.79. The molecule has 0 amide bonds. The molecule has 0 aliphatic heterocycles. The maximum Gasteiger partial charge on any atom is 0.354 e. The largest absolute Gasteiger partial charge is 0.477 e. The van der Waals surface area contributed by atoms with Gasteiger partial charge in [-0.1, -0.05) is 6.07 Å². The summed E-state index contributed by atoms with van der Waals surface area (Å²) in [5.41, 5.74) is 0.824. The third-order valence-corrected chi connectivity index (χ3v) is 2.85. The molecule has 0 aliphatic carbocycles. The Morgan fingerprint density at radius 1 is 1.25 bits per heavy atom. The molecule has 0 fully saturated rings. The van der Waals surface area contributed by atoms with E-state index in [1.807, 2.05) is 6.07 Å². The lowest BCUT2D eigenvalue weighted by atomic mass is 10.2. The molecule has 1 N–H and O–H groups in total. The second kappa shape index (κ2) is 9.41. The summed E-state index contributed by atoms with van der Waals surface area (Å²) in [6, 6.07) is 5.05. The lowest BCUT2D eigenvalue weighted by molar-refractivity contribution is 0.0689. The summed E-state index contributed by atoms with van der Waals surface area (Å²) in [5, 5.41) is 8.95. The number of rotatable bonds is 10. The van der Waals surface area contributed by atoms with Crippen LogP contribution in [0.5, 0.6) is 0 Å². The fraction of sp³-hybridized carbons (Fsp3) is 0.571. The van der Waals surface area contributed by atoms with E-state index in [1.165, 1.54) is 6.07 Å². The van der Waals surface area contributed by atoms with Gasteiger partial charge in [0.1, 0.15) is 5.69 Å². The van der Waals surface area contributed by atoms with Crippen molar-refractivity contribution in [2.75, 3.05) is 40.5 Å². The first-order chi connectivity index (χ1) is 9.67. The van der Waals surface area contributed by atoms with Gasteiger partial charge >= 0.3 is 5.97 Å². The minimum absolute atomic E-state index is 0.0751. The first-order valence-corrected chi connectivity index (χ1v) is 6.57. The second-order valence-corrected chi connectivity index (χ2v) is 4.43. The van der Waals surface area contributed by atoms with Crippen LogP contribution in [0.4, 0.5) is 0 Å². The van der Waals surface area contributed by atoms with Crippen molar-refractivity contribution in [2.24, 2.45) is 0 Å². The van der Waals surface area contributed by atoms with Crippen LogP contribution in [-0.2, 0) is 16.0 Å². The third-order valence-electron chi connectivity index (χ3n) is 2.85. The predicted molar refractivity (Wildman–Crippen MR) is 74.8 cm³/mol. The van der Waals surface area contributed by atoms with Gasteiger partial charge in [-0.15, -0.1) is 0 Å². The number of carbonyl (C=O) groups is 1. The van der Waals surface area contributed by atoms with Crippen molar-refractivity contribution in [3.63, 3.8) is 0 Å². The van der Waals surface area contributed by atoms with Crippen LogP contribution in [0.1, 0.15) is 22.6 Å². The van der Waals surface area contributed by atoms with Crippen molar-refractivity contribution >= 4 is 5.97 Å². The molecule has 1 rings (SSSR count). The molecule has 20 heavy (non-hydrogen) atoms. The van der Waals surface area contributed by atoms with E-state index in [4.69, 9.17) is 14.6 Å². The summed E-state index contributed by atoms with van der Waals surface area (Å²) in [4.78, 5) is 17.2. The Balaban J connectivity index is 2.62. The molecule has 1 heterocycles. The van der Waals surface area contributed by atoms with Gasteiger partial charge in [-0.2, -0.15) is 0 Å². The SMILES string of the molecule is COCCCN(CCOC)Cc1cccc(C(=O)O)n1. The number of hydrogen-bond donors (Lipinski definition) is 1. The maximum atomic E-state index is 10.9. The number of carboxylic acid groups (broad SMARTS) is 1. The van der Waals surface area contributed by atoms with Crippen LogP contribution >= 0.6 is 0 Å². The maximum absolute atomic E-state index is 10.9. The van der Waals surface area contributed by atoms with E-state index in [9.17, 15) is 4.79 Å². The van der Waals surface area contributed by atoms with Crippen molar-refractivity contribution in [3.05, 3.63) is 29.6 Å². The molecular weight excluding hydrogens is 260 g/mol. The highest BCUT2D eigenvalue weighted by Gasteiger charge is 2.09. The van der Waals surface area contributed by atoms with Gasteiger partial charge in [0.05, 0.1) is 12.3 Å². The molecule has 112 valence electrons. The molecule has 0 bridgehead atoms. The van der Waals surface area contributed by atoms with Crippen molar-refractivity contribution in [1.82, 2.24) is 9.88 Å². The molecule has 0 aromatic carbocycles. The fourth-order valence-corrected chi connectivity index (χ4v) is 1.84. The standard InChI is InChI=1S/C14H22N2O4/c1-19-9-4-7-16(8-10-20-2)11-12-5-3-6-13(15-12)14(17)18/h3,5-6H,4,7-11H2,1-2H3,(H,17,18). The quantitative estimate of drug-likeness (QED) is 0.651. The average molecular weight is 282 g/mol. The molecule has 0 saturated carbocycles. The van der Waals surface area contributed by atoms with Crippen LogP contribution in [-0.4, -0.2) is 61.5 Å². The zero-order valence-corrected chi connectivity index (χ0v) is 12.0. The fourth-order valence-electron chi connectivity index (χ4n) is 1.84. The van der Waals surface area contributed by atoms with Crippen molar-refractivity contribution in [3.8, 4) is 0 Å².